The zero-order valence-electron chi connectivity index (χ0n) is 19.9. The Morgan fingerprint density at radius 2 is 1.85 bits per heavy atom. The van der Waals surface area contributed by atoms with Crippen LogP contribution < -0.4 is 5.32 Å². The number of aryl methyl sites for hydroxylation is 1. The molecule has 8 nitrogen and oxygen atoms in total. The summed E-state index contributed by atoms with van der Waals surface area (Å²) in [6, 6.07) is 9.30. The van der Waals surface area contributed by atoms with Gasteiger partial charge in [-0.05, 0) is 45.2 Å². The number of aromatic nitrogens is 2. The third-order valence-electron chi connectivity index (χ3n) is 7.23. The molecule has 8 heteroatoms. The molecular weight excluding hydrogens is 418 g/mol. The molecule has 1 atom stereocenters. The Balaban J connectivity index is 1.50. The second-order valence-corrected chi connectivity index (χ2v) is 9.26. The van der Waals surface area contributed by atoms with Gasteiger partial charge in [0, 0.05) is 37.4 Å². The van der Waals surface area contributed by atoms with Crippen LogP contribution in [-0.2, 0) is 16.1 Å². The van der Waals surface area contributed by atoms with Crippen molar-refractivity contribution in [2.75, 3.05) is 26.2 Å². The topological polar surface area (TPSA) is 90.7 Å². The van der Waals surface area contributed by atoms with Gasteiger partial charge in [-0.3, -0.25) is 14.5 Å². The Kier molecular flexibility index (Phi) is 6.86. The average molecular weight is 454 g/mol. The fraction of sp³-hybridized carbons (Fsp3) is 0.560. The van der Waals surface area contributed by atoms with Crippen LogP contribution in [0.3, 0.4) is 0 Å². The maximum absolute atomic E-state index is 13.1. The van der Waals surface area contributed by atoms with Crippen LogP contribution >= 0.6 is 0 Å². The summed E-state index contributed by atoms with van der Waals surface area (Å²) in [6.07, 6.45) is 2.98. The maximum atomic E-state index is 13.1. The summed E-state index contributed by atoms with van der Waals surface area (Å²) in [5, 5.41) is 17.1. The van der Waals surface area contributed by atoms with E-state index in [4.69, 9.17) is 5.10 Å². The molecule has 1 aromatic carbocycles. The first-order chi connectivity index (χ1) is 15.9. The summed E-state index contributed by atoms with van der Waals surface area (Å²) in [6.45, 7) is 8.63. The Labute approximate surface area is 195 Å². The van der Waals surface area contributed by atoms with Gasteiger partial charge in [0.2, 0.25) is 11.8 Å². The van der Waals surface area contributed by atoms with Crippen LogP contribution in [0, 0.1) is 13.8 Å². The van der Waals surface area contributed by atoms with Gasteiger partial charge < -0.3 is 15.3 Å². The number of piperazine rings is 1. The van der Waals surface area contributed by atoms with E-state index in [1.54, 1.807) is 4.90 Å². The number of piperidine rings is 1. The zero-order valence-corrected chi connectivity index (χ0v) is 19.9. The quantitative estimate of drug-likeness (QED) is 0.669. The van der Waals surface area contributed by atoms with Gasteiger partial charge in [0.05, 0.1) is 18.0 Å². The van der Waals surface area contributed by atoms with Gasteiger partial charge in [0.15, 0.2) is 0 Å². The van der Waals surface area contributed by atoms with E-state index < -0.39 is 11.6 Å². The maximum Gasteiger partial charge on any atom is 0.248 e. The predicted octanol–water partition coefficient (Wildman–Crippen LogP) is 1.94. The molecule has 1 aromatic heterocycles. The third kappa shape index (κ3) is 4.29. The molecule has 0 radical (unpaired) electrons. The van der Waals surface area contributed by atoms with Crippen molar-refractivity contribution >= 4 is 11.8 Å². The molecule has 0 bridgehead atoms. The van der Waals surface area contributed by atoms with E-state index in [-0.39, 0.29) is 18.4 Å². The molecule has 3 heterocycles. The molecule has 2 amide bonds. The molecule has 0 saturated carbocycles. The highest BCUT2D eigenvalue weighted by Crippen LogP contribution is 2.34. The number of benzene rings is 1. The second kappa shape index (κ2) is 9.65. The number of carbonyl (C=O) groups is 2. The molecule has 2 fully saturated rings. The van der Waals surface area contributed by atoms with Gasteiger partial charge in [-0.15, -0.1) is 0 Å². The van der Waals surface area contributed by atoms with Gasteiger partial charge >= 0.3 is 0 Å². The van der Waals surface area contributed by atoms with Crippen molar-refractivity contribution in [2.45, 2.75) is 64.6 Å². The fourth-order valence-electron chi connectivity index (χ4n) is 5.17. The summed E-state index contributed by atoms with van der Waals surface area (Å²) in [7, 11) is 0. The SMILES string of the molecule is CCCCN1C(=O)[C@H](CO)NC(=O)C12CCN(Cc1c(C)nn(-c3ccccc3)c1C)CC2. The van der Waals surface area contributed by atoms with E-state index in [0.29, 0.717) is 19.4 Å². The number of rotatable bonds is 7. The number of amides is 2. The predicted molar refractivity (Wildman–Crippen MR) is 126 cm³/mol. The molecule has 0 aliphatic carbocycles. The molecule has 2 saturated heterocycles. The van der Waals surface area contributed by atoms with Crippen molar-refractivity contribution in [3.63, 3.8) is 0 Å². The standard InChI is InChI=1S/C25H35N5O3/c1-4-5-13-29-23(32)22(17-31)26-24(33)25(29)11-14-28(15-12-25)16-21-18(2)27-30(19(21)3)20-9-7-6-8-10-20/h6-10,22,31H,4-5,11-17H2,1-3H3,(H,26,33)/t22-/m0/s1. The van der Waals surface area contributed by atoms with E-state index in [1.807, 2.05) is 29.8 Å². The molecule has 178 valence electrons. The summed E-state index contributed by atoms with van der Waals surface area (Å²) in [5.74, 6) is -0.281. The number of carbonyl (C=O) groups excluding carboxylic acids is 2. The third-order valence-corrected chi connectivity index (χ3v) is 7.23. The molecule has 2 aliphatic heterocycles. The molecule has 0 unspecified atom stereocenters. The van der Waals surface area contributed by atoms with Crippen LogP contribution in [-0.4, -0.2) is 74.3 Å². The van der Waals surface area contributed by atoms with Crippen LogP contribution in [0.5, 0.6) is 0 Å². The lowest BCUT2D eigenvalue weighted by Gasteiger charge is -2.51. The van der Waals surface area contributed by atoms with Gasteiger partial charge in [-0.2, -0.15) is 5.10 Å². The molecule has 2 aromatic rings. The Morgan fingerprint density at radius 1 is 1.15 bits per heavy atom. The largest absolute Gasteiger partial charge is 0.394 e. The molecule has 33 heavy (non-hydrogen) atoms. The summed E-state index contributed by atoms with van der Waals surface area (Å²) < 4.78 is 1.99. The number of unbranched alkanes of at least 4 members (excludes halogenated alkanes) is 1. The van der Waals surface area contributed by atoms with Crippen LogP contribution in [0.1, 0.15) is 49.6 Å². The van der Waals surface area contributed by atoms with Crippen molar-refractivity contribution < 1.29 is 14.7 Å². The monoisotopic (exact) mass is 453 g/mol. The number of hydrogen-bond donors (Lipinski definition) is 2. The van der Waals surface area contributed by atoms with E-state index >= 15 is 0 Å². The first-order valence-corrected chi connectivity index (χ1v) is 12.0. The lowest BCUT2D eigenvalue weighted by Crippen LogP contribution is -2.73. The highest BCUT2D eigenvalue weighted by Gasteiger charge is 2.53. The van der Waals surface area contributed by atoms with Gasteiger partial charge in [0.1, 0.15) is 11.6 Å². The molecular formula is C25H35N5O3. The van der Waals surface area contributed by atoms with Crippen LogP contribution in [0.2, 0.25) is 0 Å². The van der Waals surface area contributed by atoms with Crippen molar-refractivity contribution in [3.8, 4) is 5.69 Å². The number of para-hydroxylation sites is 1. The number of nitrogens with one attached hydrogen (secondary N) is 1. The minimum absolute atomic E-state index is 0.124. The van der Waals surface area contributed by atoms with Crippen LogP contribution in [0.4, 0.5) is 0 Å². The molecule has 1 spiro atoms. The van der Waals surface area contributed by atoms with Crippen LogP contribution in [0.25, 0.3) is 5.69 Å². The van der Waals surface area contributed by atoms with E-state index in [9.17, 15) is 14.7 Å². The number of hydrogen-bond acceptors (Lipinski definition) is 5. The average Bonchev–Trinajstić information content (AvgIpc) is 3.11. The van der Waals surface area contributed by atoms with Crippen LogP contribution in [0.15, 0.2) is 30.3 Å². The summed E-state index contributed by atoms with van der Waals surface area (Å²) in [5.41, 5.74) is 3.58. The number of aliphatic hydroxyl groups excluding tert-OH is 1. The fourth-order valence-corrected chi connectivity index (χ4v) is 5.17. The van der Waals surface area contributed by atoms with E-state index in [1.165, 1.54) is 5.56 Å². The normalized spacial score (nSPS) is 21.0. The van der Waals surface area contributed by atoms with Crippen molar-refractivity contribution in [3.05, 3.63) is 47.3 Å². The minimum Gasteiger partial charge on any atom is -0.394 e. The van der Waals surface area contributed by atoms with Crippen molar-refractivity contribution in [2.24, 2.45) is 0 Å². The lowest BCUT2D eigenvalue weighted by atomic mass is 9.81. The van der Waals surface area contributed by atoms with Gasteiger partial charge in [-0.25, -0.2) is 4.68 Å². The van der Waals surface area contributed by atoms with E-state index in [0.717, 1.165) is 49.6 Å². The minimum atomic E-state index is -0.827. The Hall–Kier alpha value is -2.71. The molecule has 2 aliphatic rings. The zero-order chi connectivity index (χ0) is 23.6. The first kappa shape index (κ1) is 23.4. The molecule has 4 rings (SSSR count). The highest BCUT2D eigenvalue weighted by molar-refractivity contribution is 6.00. The smallest absolute Gasteiger partial charge is 0.248 e. The Morgan fingerprint density at radius 3 is 2.48 bits per heavy atom. The van der Waals surface area contributed by atoms with Crippen molar-refractivity contribution in [1.82, 2.24) is 24.9 Å². The number of nitrogens with zero attached hydrogens (tertiary/aromatic N) is 4. The lowest BCUT2D eigenvalue weighted by molar-refractivity contribution is -0.162. The summed E-state index contributed by atoms with van der Waals surface area (Å²) in [4.78, 5) is 30.3. The van der Waals surface area contributed by atoms with Gasteiger partial charge in [-0.1, -0.05) is 31.5 Å². The number of aliphatic hydroxyl groups is 1. The highest BCUT2D eigenvalue weighted by atomic mass is 16.3. The first-order valence-electron chi connectivity index (χ1n) is 12.0. The van der Waals surface area contributed by atoms with Gasteiger partial charge in [0.25, 0.3) is 0 Å². The van der Waals surface area contributed by atoms with Crippen molar-refractivity contribution in [1.29, 1.82) is 0 Å². The second-order valence-electron chi connectivity index (χ2n) is 9.26. The number of likely N-dealkylation sites (tertiary alicyclic amines) is 1. The Bertz CT molecular complexity index is 995. The molecule has 2 N–H and O–H groups in total. The van der Waals surface area contributed by atoms with E-state index in [2.05, 4.69) is 36.2 Å². The summed E-state index contributed by atoms with van der Waals surface area (Å²) >= 11 is 0.